The van der Waals surface area contributed by atoms with Crippen molar-refractivity contribution in [1.29, 1.82) is 0 Å². The van der Waals surface area contributed by atoms with Gasteiger partial charge < -0.3 is 5.73 Å². The third-order valence-electron chi connectivity index (χ3n) is 4.13. The second-order valence-corrected chi connectivity index (χ2v) is 5.20. The van der Waals surface area contributed by atoms with Crippen LogP contribution in [0.25, 0.3) is 0 Å². The fraction of sp³-hybridized carbons (Fsp3) is 0.600. The highest BCUT2D eigenvalue weighted by molar-refractivity contribution is 5.35. The Morgan fingerprint density at radius 1 is 1.12 bits per heavy atom. The van der Waals surface area contributed by atoms with E-state index in [2.05, 4.69) is 32.0 Å². The number of hydrogen-bond acceptors (Lipinski definition) is 1. The Kier molecular flexibility index (Phi) is 3.34. The average molecular weight is 217 g/mol. The molecule has 0 saturated heterocycles. The Bertz CT molecular complexity index is 364. The van der Waals surface area contributed by atoms with Crippen LogP contribution in [-0.4, -0.2) is 5.54 Å². The monoisotopic (exact) mass is 217 g/mol. The first-order valence-corrected chi connectivity index (χ1v) is 6.56. The van der Waals surface area contributed by atoms with Gasteiger partial charge in [-0.15, -0.1) is 0 Å². The summed E-state index contributed by atoms with van der Waals surface area (Å²) in [6, 6.07) is 6.97. The zero-order chi connectivity index (χ0) is 11.6. The van der Waals surface area contributed by atoms with Crippen molar-refractivity contribution in [3.05, 3.63) is 34.9 Å². The summed E-state index contributed by atoms with van der Waals surface area (Å²) >= 11 is 0. The van der Waals surface area contributed by atoms with Crippen LogP contribution in [0, 0.1) is 0 Å². The van der Waals surface area contributed by atoms with E-state index in [0.29, 0.717) is 0 Å². The smallest absolute Gasteiger partial charge is 0.0189 e. The molecule has 1 aromatic rings. The summed E-state index contributed by atoms with van der Waals surface area (Å²) in [4.78, 5) is 0. The standard InChI is InChI=1S/C15H23N/c1-3-15(16,4-2)11-12-8-9-13-6-5-7-14(13)10-12/h8-10H,3-7,11,16H2,1-2H3. The highest BCUT2D eigenvalue weighted by atomic mass is 14.7. The summed E-state index contributed by atoms with van der Waals surface area (Å²) in [7, 11) is 0. The molecule has 0 unspecified atom stereocenters. The predicted molar refractivity (Wildman–Crippen MR) is 69.7 cm³/mol. The van der Waals surface area contributed by atoms with E-state index in [1.807, 2.05) is 0 Å². The van der Waals surface area contributed by atoms with Crippen molar-refractivity contribution in [2.45, 2.75) is 57.9 Å². The van der Waals surface area contributed by atoms with E-state index in [4.69, 9.17) is 5.73 Å². The van der Waals surface area contributed by atoms with Crippen molar-refractivity contribution in [2.24, 2.45) is 5.73 Å². The lowest BCUT2D eigenvalue weighted by Gasteiger charge is -2.27. The molecule has 0 spiro atoms. The largest absolute Gasteiger partial charge is 0.325 e. The van der Waals surface area contributed by atoms with Gasteiger partial charge in [0.1, 0.15) is 0 Å². The van der Waals surface area contributed by atoms with E-state index in [9.17, 15) is 0 Å². The zero-order valence-corrected chi connectivity index (χ0v) is 10.6. The Labute approximate surface area is 99.0 Å². The van der Waals surface area contributed by atoms with Gasteiger partial charge in [-0.3, -0.25) is 0 Å². The van der Waals surface area contributed by atoms with Gasteiger partial charge in [-0.05, 0) is 55.2 Å². The van der Waals surface area contributed by atoms with Crippen LogP contribution in [-0.2, 0) is 19.3 Å². The molecule has 0 fully saturated rings. The predicted octanol–water partition coefficient (Wildman–Crippen LogP) is 3.24. The molecule has 1 aliphatic carbocycles. The third-order valence-corrected chi connectivity index (χ3v) is 4.13. The molecule has 0 saturated carbocycles. The Balaban J connectivity index is 2.16. The molecule has 88 valence electrons. The molecular formula is C15H23N. The van der Waals surface area contributed by atoms with Crippen molar-refractivity contribution in [3.8, 4) is 0 Å². The summed E-state index contributed by atoms with van der Waals surface area (Å²) in [5.41, 5.74) is 10.9. The van der Waals surface area contributed by atoms with Crippen molar-refractivity contribution >= 4 is 0 Å². The van der Waals surface area contributed by atoms with Gasteiger partial charge in [-0.2, -0.15) is 0 Å². The molecule has 0 amide bonds. The molecule has 1 aromatic carbocycles. The van der Waals surface area contributed by atoms with Crippen LogP contribution in [0.1, 0.15) is 49.8 Å². The molecule has 1 nitrogen and oxygen atoms in total. The molecule has 16 heavy (non-hydrogen) atoms. The molecule has 1 heteroatoms. The summed E-state index contributed by atoms with van der Waals surface area (Å²) < 4.78 is 0. The number of nitrogens with two attached hydrogens (primary N) is 1. The zero-order valence-electron chi connectivity index (χ0n) is 10.6. The van der Waals surface area contributed by atoms with Crippen LogP contribution in [0.3, 0.4) is 0 Å². The van der Waals surface area contributed by atoms with Crippen LogP contribution >= 0.6 is 0 Å². The van der Waals surface area contributed by atoms with Crippen LogP contribution in [0.15, 0.2) is 18.2 Å². The van der Waals surface area contributed by atoms with Crippen LogP contribution in [0.4, 0.5) is 0 Å². The van der Waals surface area contributed by atoms with Crippen molar-refractivity contribution in [1.82, 2.24) is 0 Å². The maximum Gasteiger partial charge on any atom is 0.0189 e. The van der Waals surface area contributed by atoms with Gasteiger partial charge in [0.25, 0.3) is 0 Å². The van der Waals surface area contributed by atoms with E-state index in [0.717, 1.165) is 19.3 Å². The van der Waals surface area contributed by atoms with E-state index in [-0.39, 0.29) is 5.54 Å². The van der Waals surface area contributed by atoms with E-state index in [1.54, 1.807) is 11.1 Å². The quantitative estimate of drug-likeness (QED) is 0.823. The lowest BCUT2D eigenvalue weighted by molar-refractivity contribution is 0.393. The van der Waals surface area contributed by atoms with Crippen LogP contribution in [0.2, 0.25) is 0 Å². The van der Waals surface area contributed by atoms with Crippen LogP contribution < -0.4 is 5.73 Å². The minimum Gasteiger partial charge on any atom is -0.325 e. The van der Waals surface area contributed by atoms with Gasteiger partial charge in [0, 0.05) is 5.54 Å². The van der Waals surface area contributed by atoms with Gasteiger partial charge in [0.05, 0.1) is 0 Å². The minimum absolute atomic E-state index is 0.00710. The van der Waals surface area contributed by atoms with Crippen LogP contribution in [0.5, 0.6) is 0 Å². The normalized spacial score (nSPS) is 15.2. The van der Waals surface area contributed by atoms with E-state index in [1.165, 1.54) is 24.8 Å². The molecule has 0 radical (unpaired) electrons. The first kappa shape index (κ1) is 11.7. The highest BCUT2D eigenvalue weighted by Crippen LogP contribution is 2.25. The maximum atomic E-state index is 6.37. The second-order valence-electron chi connectivity index (χ2n) is 5.20. The second kappa shape index (κ2) is 4.58. The maximum absolute atomic E-state index is 6.37. The van der Waals surface area contributed by atoms with E-state index < -0.39 is 0 Å². The molecular weight excluding hydrogens is 194 g/mol. The molecule has 0 atom stereocenters. The third kappa shape index (κ3) is 2.30. The van der Waals surface area contributed by atoms with E-state index >= 15 is 0 Å². The molecule has 2 N–H and O–H groups in total. The SMILES string of the molecule is CCC(N)(CC)Cc1ccc2c(c1)CCC2. The number of benzene rings is 1. The molecule has 1 aliphatic rings. The molecule has 0 aromatic heterocycles. The van der Waals surface area contributed by atoms with Gasteiger partial charge >= 0.3 is 0 Å². The highest BCUT2D eigenvalue weighted by Gasteiger charge is 2.21. The molecule has 0 heterocycles. The lowest BCUT2D eigenvalue weighted by Crippen LogP contribution is -2.40. The first-order valence-electron chi connectivity index (χ1n) is 6.56. The number of aryl methyl sites for hydroxylation is 2. The number of hydrogen-bond donors (Lipinski definition) is 1. The minimum atomic E-state index is -0.00710. The molecule has 0 aliphatic heterocycles. The van der Waals surface area contributed by atoms with Gasteiger partial charge in [-0.1, -0.05) is 32.0 Å². The Morgan fingerprint density at radius 2 is 1.81 bits per heavy atom. The Morgan fingerprint density at radius 3 is 2.50 bits per heavy atom. The van der Waals surface area contributed by atoms with Crippen molar-refractivity contribution < 1.29 is 0 Å². The summed E-state index contributed by atoms with van der Waals surface area (Å²) in [6.45, 7) is 4.38. The fourth-order valence-corrected chi connectivity index (χ4v) is 2.64. The summed E-state index contributed by atoms with van der Waals surface area (Å²) in [6.07, 6.45) is 6.99. The first-order chi connectivity index (χ1) is 7.67. The Hall–Kier alpha value is -0.820. The average Bonchev–Trinajstić information content (AvgIpc) is 2.76. The summed E-state index contributed by atoms with van der Waals surface area (Å²) in [5.74, 6) is 0. The number of fused-ring (bicyclic) bond motifs is 1. The topological polar surface area (TPSA) is 26.0 Å². The van der Waals surface area contributed by atoms with Crippen molar-refractivity contribution in [3.63, 3.8) is 0 Å². The molecule has 2 rings (SSSR count). The summed E-state index contributed by atoms with van der Waals surface area (Å²) in [5, 5.41) is 0. The number of rotatable bonds is 4. The molecule has 0 bridgehead atoms. The van der Waals surface area contributed by atoms with Gasteiger partial charge in [-0.25, -0.2) is 0 Å². The lowest BCUT2D eigenvalue weighted by atomic mass is 9.86. The van der Waals surface area contributed by atoms with Gasteiger partial charge in [0.2, 0.25) is 0 Å². The van der Waals surface area contributed by atoms with Gasteiger partial charge in [0.15, 0.2) is 0 Å². The van der Waals surface area contributed by atoms with Crippen molar-refractivity contribution in [2.75, 3.05) is 0 Å². The fourth-order valence-electron chi connectivity index (χ4n) is 2.64.